The van der Waals surface area contributed by atoms with Crippen LogP contribution in [0, 0.1) is 0 Å². The number of carbonyl (C=O) groups excluding carboxylic acids is 2. The molecule has 2 aromatic carbocycles. The van der Waals surface area contributed by atoms with Crippen molar-refractivity contribution in [3.8, 4) is 0 Å². The van der Waals surface area contributed by atoms with E-state index in [1.165, 1.54) is 24.3 Å². The zero-order valence-electron chi connectivity index (χ0n) is 16.1. The van der Waals surface area contributed by atoms with Gasteiger partial charge in [-0.25, -0.2) is 4.90 Å². The van der Waals surface area contributed by atoms with Crippen molar-refractivity contribution in [3.05, 3.63) is 48.5 Å². The number of benzene rings is 2. The van der Waals surface area contributed by atoms with Gasteiger partial charge in [0.15, 0.2) is 0 Å². The lowest BCUT2D eigenvalue weighted by Gasteiger charge is -2.29. The molecule has 0 aliphatic carbocycles. The van der Waals surface area contributed by atoms with E-state index in [1.807, 2.05) is 24.3 Å². The van der Waals surface area contributed by atoms with Crippen LogP contribution in [0.15, 0.2) is 53.4 Å². The molecule has 2 heterocycles. The summed E-state index contributed by atoms with van der Waals surface area (Å²) in [5.74, 6) is -3.20. The number of ether oxygens (including phenoxy) is 1. The average Bonchev–Trinajstić information content (AvgIpc) is 3.02. The first kappa shape index (κ1) is 20.6. The van der Waals surface area contributed by atoms with Crippen LogP contribution >= 0.6 is 11.8 Å². The van der Waals surface area contributed by atoms with Crippen LogP contribution in [0.3, 0.4) is 0 Å². The fourth-order valence-electron chi connectivity index (χ4n) is 3.58. The normalized spacial score (nSPS) is 19.6. The second-order valence-corrected chi connectivity index (χ2v) is 8.05. The molecule has 2 amide bonds. The third-order valence-electron chi connectivity index (χ3n) is 5.05. The summed E-state index contributed by atoms with van der Waals surface area (Å²) in [4.78, 5) is 28.9. The van der Waals surface area contributed by atoms with E-state index in [9.17, 15) is 18.4 Å². The van der Waals surface area contributed by atoms with Crippen LogP contribution in [0.25, 0.3) is 0 Å². The predicted octanol–water partition coefficient (Wildman–Crippen LogP) is 3.58. The van der Waals surface area contributed by atoms with Crippen LogP contribution in [0.2, 0.25) is 0 Å². The van der Waals surface area contributed by atoms with Crippen molar-refractivity contribution in [1.82, 2.24) is 0 Å². The number of anilines is 3. The molecule has 0 unspecified atom stereocenters. The number of morpholine rings is 1. The smallest absolute Gasteiger partial charge is 0.288 e. The summed E-state index contributed by atoms with van der Waals surface area (Å²) in [7, 11) is 0. The van der Waals surface area contributed by atoms with Crippen molar-refractivity contribution >= 4 is 40.6 Å². The molecule has 2 saturated heterocycles. The number of nitrogens with one attached hydrogen (secondary N) is 1. The SMILES string of the molecule is O=C1C[C@@H](Nc2ccc(N3CCOCC3)cc2)C(=O)N1c1ccc(SC(F)F)cc1. The minimum atomic E-state index is -2.52. The second-order valence-electron chi connectivity index (χ2n) is 6.99. The molecule has 0 saturated carbocycles. The molecular formula is C21H21F2N3O3S. The van der Waals surface area contributed by atoms with E-state index >= 15 is 0 Å². The van der Waals surface area contributed by atoms with Crippen molar-refractivity contribution < 1.29 is 23.1 Å². The maximum atomic E-state index is 12.8. The van der Waals surface area contributed by atoms with Crippen LogP contribution in [0.1, 0.15) is 6.42 Å². The minimum Gasteiger partial charge on any atom is -0.378 e. The molecule has 0 spiro atoms. The van der Waals surface area contributed by atoms with Gasteiger partial charge >= 0.3 is 0 Å². The van der Waals surface area contributed by atoms with Gasteiger partial charge in [0, 0.05) is 29.4 Å². The number of imide groups is 1. The highest BCUT2D eigenvalue weighted by atomic mass is 32.2. The number of amides is 2. The van der Waals surface area contributed by atoms with E-state index in [4.69, 9.17) is 4.74 Å². The molecule has 158 valence electrons. The van der Waals surface area contributed by atoms with Gasteiger partial charge in [-0.15, -0.1) is 0 Å². The monoisotopic (exact) mass is 433 g/mol. The third-order valence-corrected chi connectivity index (χ3v) is 5.77. The summed E-state index contributed by atoms with van der Waals surface area (Å²) in [5, 5.41) is 3.13. The maximum absolute atomic E-state index is 12.8. The first-order valence-electron chi connectivity index (χ1n) is 9.62. The molecule has 1 atom stereocenters. The number of rotatable bonds is 6. The summed E-state index contributed by atoms with van der Waals surface area (Å²) < 4.78 is 30.3. The fraction of sp³-hybridized carbons (Fsp3) is 0.333. The number of thioether (sulfide) groups is 1. The number of hydrogen-bond donors (Lipinski definition) is 1. The predicted molar refractivity (Wildman–Crippen MR) is 112 cm³/mol. The highest BCUT2D eigenvalue weighted by molar-refractivity contribution is 7.99. The summed E-state index contributed by atoms with van der Waals surface area (Å²) in [6, 6.07) is 13.1. The average molecular weight is 433 g/mol. The lowest BCUT2D eigenvalue weighted by atomic mass is 10.2. The van der Waals surface area contributed by atoms with E-state index in [0.29, 0.717) is 35.6 Å². The van der Waals surface area contributed by atoms with E-state index in [1.54, 1.807) is 0 Å². The van der Waals surface area contributed by atoms with Crippen LogP contribution in [0.4, 0.5) is 25.8 Å². The van der Waals surface area contributed by atoms with E-state index in [-0.39, 0.29) is 18.2 Å². The number of hydrogen-bond acceptors (Lipinski definition) is 6. The first-order chi connectivity index (χ1) is 14.5. The van der Waals surface area contributed by atoms with Gasteiger partial charge in [-0.2, -0.15) is 8.78 Å². The molecule has 1 N–H and O–H groups in total. The molecule has 0 bridgehead atoms. The molecule has 2 aromatic rings. The Hall–Kier alpha value is -2.65. The molecule has 0 aromatic heterocycles. The Morgan fingerprint density at radius 2 is 1.60 bits per heavy atom. The van der Waals surface area contributed by atoms with Gasteiger partial charge in [0.2, 0.25) is 5.91 Å². The van der Waals surface area contributed by atoms with Gasteiger partial charge in [0.25, 0.3) is 11.7 Å². The lowest BCUT2D eigenvalue weighted by molar-refractivity contribution is -0.121. The quantitative estimate of drug-likeness (QED) is 0.555. The Morgan fingerprint density at radius 3 is 2.23 bits per heavy atom. The number of alkyl halides is 2. The number of halogens is 2. The highest BCUT2D eigenvalue weighted by Gasteiger charge is 2.39. The first-order valence-corrected chi connectivity index (χ1v) is 10.5. The van der Waals surface area contributed by atoms with Gasteiger partial charge in [-0.05, 0) is 48.5 Å². The molecule has 2 fully saturated rings. The lowest BCUT2D eigenvalue weighted by Crippen LogP contribution is -2.36. The Labute approximate surface area is 177 Å². The topological polar surface area (TPSA) is 61.9 Å². The standard InChI is InChI=1S/C21H21F2N3O3S/c22-21(23)30-17-7-5-16(6-8-17)26-19(27)13-18(20(26)28)24-14-1-3-15(4-2-14)25-9-11-29-12-10-25/h1-8,18,21,24H,9-13H2/t18-/m1/s1. The van der Waals surface area contributed by atoms with Crippen molar-refractivity contribution in [2.24, 2.45) is 0 Å². The highest BCUT2D eigenvalue weighted by Crippen LogP contribution is 2.30. The van der Waals surface area contributed by atoms with Crippen LogP contribution in [-0.2, 0) is 14.3 Å². The summed E-state index contributed by atoms with van der Waals surface area (Å²) in [6.07, 6.45) is 0.0393. The Kier molecular flexibility index (Phi) is 6.19. The third kappa shape index (κ3) is 4.57. The van der Waals surface area contributed by atoms with Crippen LogP contribution in [0.5, 0.6) is 0 Å². The van der Waals surface area contributed by atoms with Gasteiger partial charge in [-0.1, -0.05) is 11.8 Å². The van der Waals surface area contributed by atoms with Crippen molar-refractivity contribution in [2.75, 3.05) is 41.4 Å². The maximum Gasteiger partial charge on any atom is 0.288 e. The minimum absolute atomic E-state index is 0.0393. The molecule has 30 heavy (non-hydrogen) atoms. The van der Waals surface area contributed by atoms with Gasteiger partial charge in [-0.3, -0.25) is 9.59 Å². The fourth-order valence-corrected chi connectivity index (χ4v) is 4.08. The van der Waals surface area contributed by atoms with Crippen molar-refractivity contribution in [3.63, 3.8) is 0 Å². The number of nitrogens with zero attached hydrogens (tertiary/aromatic N) is 2. The largest absolute Gasteiger partial charge is 0.378 e. The van der Waals surface area contributed by atoms with Crippen LogP contribution in [-0.4, -0.2) is 49.9 Å². The van der Waals surface area contributed by atoms with Gasteiger partial charge in [0.1, 0.15) is 6.04 Å². The molecule has 2 aliphatic rings. The molecule has 6 nitrogen and oxygen atoms in total. The molecule has 9 heteroatoms. The van der Waals surface area contributed by atoms with Crippen molar-refractivity contribution in [1.29, 1.82) is 0 Å². The zero-order chi connectivity index (χ0) is 21.1. The Bertz CT molecular complexity index is 903. The molecule has 2 aliphatic heterocycles. The Balaban J connectivity index is 1.41. The molecule has 4 rings (SSSR count). The summed E-state index contributed by atoms with van der Waals surface area (Å²) in [5.41, 5.74) is 2.22. The van der Waals surface area contributed by atoms with Gasteiger partial charge < -0.3 is 15.0 Å². The van der Waals surface area contributed by atoms with Crippen LogP contribution < -0.4 is 15.1 Å². The summed E-state index contributed by atoms with van der Waals surface area (Å²) >= 11 is 0.420. The number of carbonyl (C=O) groups is 2. The van der Waals surface area contributed by atoms with E-state index < -0.39 is 11.8 Å². The van der Waals surface area contributed by atoms with E-state index in [2.05, 4.69) is 10.2 Å². The molecular weight excluding hydrogens is 412 g/mol. The van der Waals surface area contributed by atoms with E-state index in [0.717, 1.165) is 29.4 Å². The molecule has 0 radical (unpaired) electrons. The summed E-state index contributed by atoms with van der Waals surface area (Å²) in [6.45, 7) is 3.09. The Morgan fingerprint density at radius 1 is 0.967 bits per heavy atom. The van der Waals surface area contributed by atoms with Crippen molar-refractivity contribution in [2.45, 2.75) is 23.1 Å². The van der Waals surface area contributed by atoms with Gasteiger partial charge in [0.05, 0.1) is 25.3 Å². The second kappa shape index (κ2) is 9.01. The zero-order valence-corrected chi connectivity index (χ0v) is 16.9.